The Bertz CT molecular complexity index is 719. The van der Waals surface area contributed by atoms with Crippen LogP contribution in [0.5, 0.6) is 0 Å². The van der Waals surface area contributed by atoms with Crippen LogP contribution in [-0.2, 0) is 4.79 Å². The molecule has 0 atom stereocenters. The highest BCUT2D eigenvalue weighted by Gasteiger charge is 1.99. The lowest BCUT2D eigenvalue weighted by molar-refractivity contribution is -0.119. The molecular formula is C18H15N3O. The highest BCUT2D eigenvalue weighted by atomic mass is 16.1. The molecule has 0 saturated carbocycles. The summed E-state index contributed by atoms with van der Waals surface area (Å²) in [4.78, 5) is 11.7. The minimum absolute atomic E-state index is 0.133. The fourth-order valence-electron chi connectivity index (χ4n) is 1.72. The van der Waals surface area contributed by atoms with E-state index in [0.29, 0.717) is 12.1 Å². The second-order valence-corrected chi connectivity index (χ2v) is 4.49. The molecule has 2 N–H and O–H groups in total. The Balaban J connectivity index is 1.72. The van der Waals surface area contributed by atoms with Gasteiger partial charge in [0.1, 0.15) is 0 Å². The first-order valence-electron chi connectivity index (χ1n) is 6.82. The van der Waals surface area contributed by atoms with Gasteiger partial charge in [0.05, 0.1) is 24.7 Å². The van der Waals surface area contributed by atoms with E-state index in [-0.39, 0.29) is 12.5 Å². The van der Waals surface area contributed by atoms with Gasteiger partial charge in [0, 0.05) is 11.3 Å². The molecule has 0 aliphatic carbocycles. The van der Waals surface area contributed by atoms with Crippen LogP contribution in [0, 0.1) is 23.2 Å². The van der Waals surface area contributed by atoms with Crippen LogP contribution in [0.4, 0.5) is 5.69 Å². The molecule has 0 saturated heterocycles. The van der Waals surface area contributed by atoms with Crippen molar-refractivity contribution in [2.75, 3.05) is 18.4 Å². The van der Waals surface area contributed by atoms with Gasteiger partial charge < -0.3 is 10.6 Å². The second kappa shape index (κ2) is 8.14. The Morgan fingerprint density at radius 3 is 2.41 bits per heavy atom. The predicted molar refractivity (Wildman–Crippen MR) is 86.0 cm³/mol. The molecule has 1 amide bonds. The van der Waals surface area contributed by atoms with Gasteiger partial charge in [-0.1, -0.05) is 30.0 Å². The van der Waals surface area contributed by atoms with Crippen LogP contribution in [0.3, 0.4) is 0 Å². The average molecular weight is 289 g/mol. The third-order valence-electron chi connectivity index (χ3n) is 2.85. The number of amides is 1. The molecule has 22 heavy (non-hydrogen) atoms. The number of rotatable bonds is 4. The smallest absolute Gasteiger partial charge is 0.240 e. The second-order valence-electron chi connectivity index (χ2n) is 4.49. The van der Waals surface area contributed by atoms with Crippen molar-refractivity contribution in [1.82, 2.24) is 5.32 Å². The Kier molecular flexibility index (Phi) is 5.61. The number of nitrogens with one attached hydrogen (secondary N) is 2. The van der Waals surface area contributed by atoms with Crippen molar-refractivity contribution < 1.29 is 4.79 Å². The maximum absolute atomic E-state index is 11.7. The van der Waals surface area contributed by atoms with Crippen LogP contribution in [0.15, 0.2) is 54.6 Å². The van der Waals surface area contributed by atoms with Gasteiger partial charge in [-0.2, -0.15) is 5.26 Å². The van der Waals surface area contributed by atoms with Gasteiger partial charge in [-0.05, 0) is 36.4 Å². The summed E-state index contributed by atoms with van der Waals surface area (Å²) < 4.78 is 0. The number of hydrogen-bond acceptors (Lipinski definition) is 3. The van der Waals surface area contributed by atoms with Crippen LogP contribution in [0.1, 0.15) is 11.1 Å². The van der Waals surface area contributed by atoms with Crippen molar-refractivity contribution in [2.45, 2.75) is 0 Å². The van der Waals surface area contributed by atoms with Gasteiger partial charge in [0.2, 0.25) is 5.91 Å². The van der Waals surface area contributed by atoms with E-state index in [2.05, 4.69) is 22.5 Å². The van der Waals surface area contributed by atoms with E-state index in [9.17, 15) is 4.79 Å². The van der Waals surface area contributed by atoms with E-state index in [1.807, 2.05) is 36.4 Å². The van der Waals surface area contributed by atoms with Gasteiger partial charge in [-0.25, -0.2) is 0 Å². The molecule has 0 bridgehead atoms. The first kappa shape index (κ1) is 15.2. The first-order chi connectivity index (χ1) is 10.8. The Hall–Kier alpha value is -3.24. The highest BCUT2D eigenvalue weighted by molar-refractivity contribution is 5.80. The Labute approximate surface area is 129 Å². The summed E-state index contributed by atoms with van der Waals surface area (Å²) in [6, 6.07) is 18.6. The molecule has 0 aliphatic rings. The van der Waals surface area contributed by atoms with Crippen LogP contribution in [0.25, 0.3) is 0 Å². The van der Waals surface area contributed by atoms with Crippen molar-refractivity contribution in [1.29, 1.82) is 5.26 Å². The molecule has 4 heteroatoms. The van der Waals surface area contributed by atoms with Crippen molar-refractivity contribution in [3.63, 3.8) is 0 Å². The number of carbonyl (C=O) groups is 1. The minimum Gasteiger partial charge on any atom is -0.376 e. The molecule has 4 nitrogen and oxygen atoms in total. The summed E-state index contributed by atoms with van der Waals surface area (Å²) in [5, 5.41) is 14.4. The molecule has 0 aliphatic heterocycles. The Morgan fingerprint density at radius 1 is 1.00 bits per heavy atom. The third-order valence-corrected chi connectivity index (χ3v) is 2.85. The lowest BCUT2D eigenvalue weighted by Gasteiger charge is -2.05. The quantitative estimate of drug-likeness (QED) is 0.848. The molecule has 2 aromatic carbocycles. The van der Waals surface area contributed by atoms with Gasteiger partial charge in [-0.3, -0.25) is 4.79 Å². The van der Waals surface area contributed by atoms with E-state index >= 15 is 0 Å². The summed E-state index contributed by atoms with van der Waals surface area (Å²) in [5.41, 5.74) is 2.31. The van der Waals surface area contributed by atoms with Gasteiger partial charge >= 0.3 is 0 Å². The minimum atomic E-state index is -0.133. The van der Waals surface area contributed by atoms with E-state index in [0.717, 1.165) is 11.3 Å². The molecule has 2 rings (SSSR count). The van der Waals surface area contributed by atoms with Crippen LogP contribution in [0.2, 0.25) is 0 Å². The van der Waals surface area contributed by atoms with Crippen LogP contribution in [-0.4, -0.2) is 19.0 Å². The van der Waals surface area contributed by atoms with Crippen molar-refractivity contribution in [3.05, 3.63) is 65.7 Å². The van der Waals surface area contributed by atoms with E-state index in [1.54, 1.807) is 24.3 Å². The van der Waals surface area contributed by atoms with Gasteiger partial charge in [0.25, 0.3) is 0 Å². The fraction of sp³-hybridized carbons (Fsp3) is 0.111. The normalized spacial score (nSPS) is 9.05. The van der Waals surface area contributed by atoms with Crippen molar-refractivity contribution in [3.8, 4) is 17.9 Å². The molecule has 0 spiro atoms. The number of nitriles is 1. The third kappa shape index (κ3) is 5.03. The lowest BCUT2D eigenvalue weighted by atomic mass is 10.2. The summed E-state index contributed by atoms with van der Waals surface area (Å²) in [7, 11) is 0. The molecular weight excluding hydrogens is 274 g/mol. The molecule has 2 aromatic rings. The van der Waals surface area contributed by atoms with Crippen LogP contribution < -0.4 is 10.6 Å². The van der Waals surface area contributed by atoms with Crippen LogP contribution >= 0.6 is 0 Å². The predicted octanol–water partition coefficient (Wildman–Crippen LogP) is 2.14. The highest BCUT2D eigenvalue weighted by Crippen LogP contribution is 2.07. The fourth-order valence-corrected chi connectivity index (χ4v) is 1.72. The number of benzene rings is 2. The molecule has 0 aromatic heterocycles. The summed E-state index contributed by atoms with van der Waals surface area (Å²) in [5.74, 6) is 5.74. The summed E-state index contributed by atoms with van der Waals surface area (Å²) in [6.07, 6.45) is 0. The molecule has 108 valence electrons. The topological polar surface area (TPSA) is 64.9 Å². The van der Waals surface area contributed by atoms with E-state index in [1.165, 1.54) is 0 Å². The zero-order chi connectivity index (χ0) is 15.6. The zero-order valence-corrected chi connectivity index (χ0v) is 12.0. The summed E-state index contributed by atoms with van der Waals surface area (Å²) in [6.45, 7) is 0.474. The lowest BCUT2D eigenvalue weighted by Crippen LogP contribution is -2.30. The molecule has 0 radical (unpaired) electrons. The summed E-state index contributed by atoms with van der Waals surface area (Å²) >= 11 is 0. The number of hydrogen-bond donors (Lipinski definition) is 2. The number of nitrogens with zero attached hydrogens (tertiary/aromatic N) is 1. The maximum atomic E-state index is 11.7. The average Bonchev–Trinajstić information content (AvgIpc) is 2.58. The maximum Gasteiger partial charge on any atom is 0.240 e. The SMILES string of the molecule is N#Cc1ccc(NCC(=O)NCC#Cc2ccccc2)cc1. The van der Waals surface area contributed by atoms with E-state index in [4.69, 9.17) is 5.26 Å². The standard InChI is InChI=1S/C18H15N3O/c19-13-16-8-10-17(11-9-16)21-14-18(22)20-12-4-7-15-5-2-1-3-6-15/h1-3,5-6,8-11,21H,12,14H2,(H,20,22). The van der Waals surface area contributed by atoms with Gasteiger partial charge in [0.15, 0.2) is 0 Å². The zero-order valence-electron chi connectivity index (χ0n) is 12.0. The Morgan fingerprint density at radius 2 is 1.73 bits per heavy atom. The molecule has 0 unspecified atom stereocenters. The number of anilines is 1. The van der Waals surface area contributed by atoms with Crippen molar-refractivity contribution >= 4 is 11.6 Å². The molecule has 0 heterocycles. The van der Waals surface area contributed by atoms with Gasteiger partial charge in [-0.15, -0.1) is 0 Å². The first-order valence-corrected chi connectivity index (χ1v) is 6.82. The van der Waals surface area contributed by atoms with E-state index < -0.39 is 0 Å². The number of carbonyl (C=O) groups excluding carboxylic acids is 1. The van der Waals surface area contributed by atoms with Crippen molar-refractivity contribution in [2.24, 2.45) is 0 Å². The monoisotopic (exact) mass is 289 g/mol. The molecule has 0 fully saturated rings. The largest absolute Gasteiger partial charge is 0.376 e.